The highest BCUT2D eigenvalue weighted by Gasteiger charge is 2.29. The molecule has 2 aliphatic rings. The van der Waals surface area contributed by atoms with Gasteiger partial charge in [-0.3, -0.25) is 4.79 Å². The molecule has 11 nitrogen and oxygen atoms in total. The molecule has 2 aliphatic heterocycles. The Morgan fingerprint density at radius 3 is 2.43 bits per heavy atom. The molecule has 5 aromatic rings. The van der Waals surface area contributed by atoms with E-state index < -0.39 is 10.0 Å². The second-order valence-corrected chi connectivity index (χ2v) is 13.7. The lowest BCUT2D eigenvalue weighted by Gasteiger charge is -2.28. The van der Waals surface area contributed by atoms with E-state index in [4.69, 9.17) is 14.7 Å². The summed E-state index contributed by atoms with van der Waals surface area (Å²) < 4.78 is 41.5. The van der Waals surface area contributed by atoms with Crippen molar-refractivity contribution in [1.29, 1.82) is 10.5 Å². The first-order valence-electron chi connectivity index (χ1n) is 16.0. The number of hydrogen-bond acceptors (Lipinski definition) is 9. The van der Waals surface area contributed by atoms with Crippen molar-refractivity contribution in [2.45, 2.75) is 23.8 Å². The van der Waals surface area contributed by atoms with Crippen molar-refractivity contribution in [1.82, 2.24) is 13.9 Å². The Bertz CT molecular complexity index is 2220. The molecule has 0 saturated carbocycles. The van der Waals surface area contributed by atoms with Gasteiger partial charge in [0.15, 0.2) is 5.65 Å². The lowest BCUT2D eigenvalue weighted by atomic mass is 10.0. The number of morpholine rings is 1. The van der Waals surface area contributed by atoms with Crippen LogP contribution in [0.5, 0.6) is 5.75 Å². The fraction of sp³-hybridized carbons (Fsp3) is 0.243. The minimum atomic E-state index is -4.07. The maximum atomic E-state index is 14.3. The molecule has 246 valence electrons. The zero-order valence-corrected chi connectivity index (χ0v) is 27.3. The molecule has 0 bridgehead atoms. The average molecular weight is 673 g/mol. The van der Waals surface area contributed by atoms with Crippen LogP contribution in [0, 0.1) is 22.7 Å². The summed E-state index contributed by atoms with van der Waals surface area (Å²) in [6, 6.07) is 29.1. The quantitative estimate of drug-likeness (QED) is 0.217. The van der Waals surface area contributed by atoms with Gasteiger partial charge in [0, 0.05) is 43.3 Å². The van der Waals surface area contributed by atoms with Gasteiger partial charge in [-0.2, -0.15) is 10.5 Å². The fourth-order valence-corrected chi connectivity index (χ4v) is 7.93. The molecule has 0 N–H and O–H groups in total. The van der Waals surface area contributed by atoms with Crippen LogP contribution in [-0.4, -0.2) is 73.7 Å². The Morgan fingerprint density at radius 2 is 1.69 bits per heavy atom. The fourth-order valence-electron chi connectivity index (χ4n) is 6.43. The number of carbonyl (C=O) groups excluding carboxylic acids is 1. The molecule has 1 atom stereocenters. The van der Waals surface area contributed by atoms with E-state index in [1.54, 1.807) is 59.6 Å². The first-order chi connectivity index (χ1) is 23.9. The molecule has 1 amide bonds. The van der Waals surface area contributed by atoms with Crippen LogP contribution in [-0.2, 0) is 19.6 Å². The third kappa shape index (κ3) is 6.20. The van der Waals surface area contributed by atoms with Gasteiger partial charge in [-0.1, -0.05) is 36.4 Å². The number of nitrogens with zero attached hydrogens (tertiary/aromatic N) is 6. The van der Waals surface area contributed by atoms with E-state index in [-0.39, 0.29) is 29.0 Å². The van der Waals surface area contributed by atoms with Crippen LogP contribution in [0.3, 0.4) is 0 Å². The minimum absolute atomic E-state index is 0.138. The molecular weight excluding hydrogens is 641 g/mol. The molecular formula is C37H32N6O5S. The molecule has 0 unspecified atom stereocenters. The standard InChI is InChI=1S/C37H32N6O5S/c38-15-12-36(44)42-17-14-30(25-42)48-35-11-8-27(22-28(35)24-39)32-13-16-40-37-33(32)23-34(43(37)49(45,46)31-4-2-1-3-5-31)26-6-9-29(10-7-26)41-18-20-47-21-19-41/h1-11,13,16,22-23,30H,12,14,17-21,25H2/t30-/m0/s1. The molecule has 0 radical (unpaired) electrons. The number of amides is 1. The van der Waals surface area contributed by atoms with Gasteiger partial charge in [0.05, 0.1) is 42.0 Å². The SMILES string of the molecule is N#CCC(=O)N1CC[C@H](Oc2ccc(-c3ccnc4c3cc(-c3ccc(N5CCOCC5)cc3)n4S(=O)(=O)c3ccccc3)cc2C#N)C1. The predicted molar refractivity (Wildman–Crippen MR) is 183 cm³/mol. The highest BCUT2D eigenvalue weighted by molar-refractivity contribution is 7.90. The number of benzene rings is 3. The Labute approximate surface area is 284 Å². The summed E-state index contributed by atoms with van der Waals surface area (Å²) in [6.45, 7) is 3.71. The summed E-state index contributed by atoms with van der Waals surface area (Å²) in [4.78, 5) is 20.7. The third-order valence-corrected chi connectivity index (χ3v) is 10.6. The lowest BCUT2D eigenvalue weighted by Crippen LogP contribution is -2.36. The Balaban J connectivity index is 1.28. The lowest BCUT2D eigenvalue weighted by molar-refractivity contribution is -0.129. The van der Waals surface area contributed by atoms with Gasteiger partial charge in [-0.05, 0) is 65.2 Å². The van der Waals surface area contributed by atoms with E-state index in [1.165, 1.54) is 3.97 Å². The number of nitriles is 2. The Hall–Kier alpha value is -5.69. The minimum Gasteiger partial charge on any atom is -0.487 e. The molecule has 2 fully saturated rings. The van der Waals surface area contributed by atoms with Gasteiger partial charge in [0.1, 0.15) is 24.3 Å². The third-order valence-electron chi connectivity index (χ3n) is 8.91. The summed E-state index contributed by atoms with van der Waals surface area (Å²) in [5, 5.41) is 19.6. The molecule has 49 heavy (non-hydrogen) atoms. The number of aromatic nitrogens is 2. The van der Waals surface area contributed by atoms with E-state index in [1.807, 2.05) is 42.5 Å². The number of anilines is 1. The van der Waals surface area contributed by atoms with Crippen molar-refractivity contribution < 1.29 is 22.7 Å². The van der Waals surface area contributed by atoms with Crippen LogP contribution in [0.4, 0.5) is 5.69 Å². The van der Waals surface area contributed by atoms with Crippen molar-refractivity contribution in [3.8, 4) is 40.3 Å². The summed E-state index contributed by atoms with van der Waals surface area (Å²) >= 11 is 0. The van der Waals surface area contributed by atoms with Gasteiger partial charge in [-0.25, -0.2) is 17.4 Å². The van der Waals surface area contributed by atoms with Crippen molar-refractivity contribution in [2.24, 2.45) is 0 Å². The van der Waals surface area contributed by atoms with Gasteiger partial charge < -0.3 is 19.3 Å². The van der Waals surface area contributed by atoms with Crippen LogP contribution < -0.4 is 9.64 Å². The topological polar surface area (TPSA) is 142 Å². The molecule has 7 rings (SSSR count). The van der Waals surface area contributed by atoms with Crippen LogP contribution in [0.2, 0.25) is 0 Å². The smallest absolute Gasteiger partial charge is 0.269 e. The van der Waals surface area contributed by atoms with Crippen LogP contribution in [0.25, 0.3) is 33.4 Å². The molecule has 3 aromatic carbocycles. The zero-order chi connectivity index (χ0) is 34.0. The molecule has 2 aromatic heterocycles. The van der Waals surface area contributed by atoms with E-state index in [0.717, 1.165) is 18.8 Å². The normalized spacial score (nSPS) is 16.3. The molecule has 0 spiro atoms. The number of ether oxygens (including phenoxy) is 2. The van der Waals surface area contributed by atoms with Gasteiger partial charge in [-0.15, -0.1) is 0 Å². The van der Waals surface area contributed by atoms with E-state index >= 15 is 0 Å². The summed E-state index contributed by atoms with van der Waals surface area (Å²) in [5.74, 6) is 0.154. The first kappa shape index (κ1) is 31.9. The number of hydrogen-bond donors (Lipinski definition) is 0. The molecule has 2 saturated heterocycles. The predicted octanol–water partition coefficient (Wildman–Crippen LogP) is 5.21. The Kier molecular flexibility index (Phi) is 8.74. The number of likely N-dealkylation sites (tertiary alicyclic amines) is 1. The summed E-state index contributed by atoms with van der Waals surface area (Å²) in [6.07, 6.45) is 1.68. The average Bonchev–Trinajstić information content (AvgIpc) is 3.78. The van der Waals surface area contributed by atoms with Gasteiger partial charge in [0.2, 0.25) is 5.91 Å². The van der Waals surface area contributed by atoms with Crippen molar-refractivity contribution in [3.63, 3.8) is 0 Å². The monoisotopic (exact) mass is 672 g/mol. The van der Waals surface area contributed by atoms with E-state index in [9.17, 15) is 18.5 Å². The number of carbonyl (C=O) groups is 1. The van der Waals surface area contributed by atoms with E-state index in [2.05, 4.69) is 16.0 Å². The second kappa shape index (κ2) is 13.4. The summed E-state index contributed by atoms with van der Waals surface area (Å²) in [5.41, 5.74) is 4.17. The van der Waals surface area contributed by atoms with Crippen molar-refractivity contribution in [3.05, 3.63) is 96.7 Å². The number of rotatable bonds is 8. The van der Waals surface area contributed by atoms with Crippen LogP contribution >= 0.6 is 0 Å². The van der Waals surface area contributed by atoms with E-state index in [0.29, 0.717) is 71.8 Å². The highest BCUT2D eigenvalue weighted by atomic mass is 32.2. The second-order valence-electron chi connectivity index (χ2n) is 11.9. The van der Waals surface area contributed by atoms with Crippen molar-refractivity contribution >= 4 is 32.7 Å². The van der Waals surface area contributed by atoms with Crippen LogP contribution in [0.1, 0.15) is 18.4 Å². The van der Waals surface area contributed by atoms with Gasteiger partial charge >= 0.3 is 0 Å². The van der Waals surface area contributed by atoms with Crippen molar-refractivity contribution in [2.75, 3.05) is 44.3 Å². The molecule has 4 heterocycles. The molecule has 12 heteroatoms. The van der Waals surface area contributed by atoms with Crippen LogP contribution in [0.15, 0.2) is 96.0 Å². The maximum absolute atomic E-state index is 14.3. The maximum Gasteiger partial charge on any atom is 0.269 e. The molecule has 0 aliphatic carbocycles. The number of pyridine rings is 1. The Morgan fingerprint density at radius 1 is 0.939 bits per heavy atom. The largest absolute Gasteiger partial charge is 0.487 e. The van der Waals surface area contributed by atoms with Gasteiger partial charge in [0.25, 0.3) is 10.0 Å². The highest BCUT2D eigenvalue weighted by Crippen LogP contribution is 2.38. The number of fused-ring (bicyclic) bond motifs is 1. The zero-order valence-electron chi connectivity index (χ0n) is 26.5. The first-order valence-corrected chi connectivity index (χ1v) is 17.4. The summed E-state index contributed by atoms with van der Waals surface area (Å²) in [7, 11) is -4.07.